The molecule has 4 aliphatic rings. The van der Waals surface area contributed by atoms with Gasteiger partial charge in [0.25, 0.3) is 5.91 Å². The summed E-state index contributed by atoms with van der Waals surface area (Å²) in [6.07, 6.45) is 4.33. The van der Waals surface area contributed by atoms with Gasteiger partial charge in [0.05, 0.1) is 25.1 Å². The predicted octanol–water partition coefficient (Wildman–Crippen LogP) is 3.28. The van der Waals surface area contributed by atoms with E-state index >= 15 is 0 Å². The van der Waals surface area contributed by atoms with Gasteiger partial charge in [0.1, 0.15) is 5.03 Å². The lowest BCUT2D eigenvalue weighted by Gasteiger charge is -2.49. The zero-order chi connectivity index (χ0) is 21.2. The topological polar surface area (TPSA) is 57.7 Å². The van der Waals surface area contributed by atoms with Crippen molar-refractivity contribution >= 4 is 23.4 Å². The minimum Gasteiger partial charge on any atom is -0.378 e. The second kappa shape index (κ2) is 9.18. The van der Waals surface area contributed by atoms with Gasteiger partial charge in [-0.25, -0.2) is 4.98 Å². The van der Waals surface area contributed by atoms with Crippen LogP contribution in [0.15, 0.2) is 52.5 Å². The number of nitrogens with zero attached hydrogens (tertiary/aromatic N) is 3. The summed E-state index contributed by atoms with van der Waals surface area (Å²) in [5.74, 6) is 0.653. The van der Waals surface area contributed by atoms with Crippen molar-refractivity contribution in [2.24, 2.45) is 5.92 Å². The van der Waals surface area contributed by atoms with Crippen LogP contribution in [0.1, 0.15) is 30.1 Å². The summed E-state index contributed by atoms with van der Waals surface area (Å²) in [5.41, 5.74) is 1.87. The molecule has 2 bridgehead atoms. The Morgan fingerprint density at radius 2 is 1.81 bits per heavy atom. The number of nitrogens with one attached hydrogen (secondary N) is 1. The standard InChI is InChI=1S/C24H30N4O2S/c1-17-23(18-8-10-27(17)11-9-18)26-24(29)19-2-5-21(6-3-19)31-22-7-4-20(16-25-22)28-12-14-30-15-13-28/h2-7,16-18,23H,8-15H2,1H3,(H,26,29)/t17-,23-/m0/s1. The molecule has 2 aromatic rings. The minimum absolute atomic E-state index is 0.0372. The van der Waals surface area contributed by atoms with Crippen LogP contribution in [0.2, 0.25) is 0 Å². The molecule has 4 saturated heterocycles. The number of rotatable bonds is 5. The summed E-state index contributed by atoms with van der Waals surface area (Å²) in [4.78, 5) is 23.3. The van der Waals surface area contributed by atoms with Crippen molar-refractivity contribution in [3.8, 4) is 0 Å². The number of anilines is 1. The fraction of sp³-hybridized carbons (Fsp3) is 0.500. The van der Waals surface area contributed by atoms with Crippen LogP contribution in [0, 0.1) is 5.92 Å². The van der Waals surface area contributed by atoms with Gasteiger partial charge in [-0.1, -0.05) is 11.8 Å². The number of benzene rings is 1. The smallest absolute Gasteiger partial charge is 0.251 e. The van der Waals surface area contributed by atoms with Gasteiger partial charge < -0.3 is 15.0 Å². The number of amides is 1. The van der Waals surface area contributed by atoms with E-state index in [1.165, 1.54) is 25.9 Å². The summed E-state index contributed by atoms with van der Waals surface area (Å²) < 4.78 is 5.41. The molecular formula is C24H30N4O2S. The molecule has 0 aliphatic carbocycles. The van der Waals surface area contributed by atoms with Crippen molar-refractivity contribution in [2.45, 2.75) is 41.8 Å². The number of hydrogen-bond acceptors (Lipinski definition) is 6. The first-order valence-electron chi connectivity index (χ1n) is 11.3. The summed E-state index contributed by atoms with van der Waals surface area (Å²) in [7, 11) is 0. The molecule has 31 heavy (non-hydrogen) atoms. The average Bonchev–Trinajstić information content (AvgIpc) is 2.83. The number of ether oxygens (including phenoxy) is 1. The maximum Gasteiger partial charge on any atom is 0.251 e. The summed E-state index contributed by atoms with van der Waals surface area (Å²) >= 11 is 1.62. The molecule has 1 aromatic heterocycles. The lowest BCUT2D eigenvalue weighted by atomic mass is 9.79. The average molecular weight is 439 g/mol. The molecule has 1 aromatic carbocycles. The molecule has 164 valence electrons. The Balaban J connectivity index is 1.18. The fourth-order valence-corrected chi connectivity index (χ4v) is 5.77. The van der Waals surface area contributed by atoms with Crippen LogP contribution in [0.5, 0.6) is 0 Å². The number of piperidine rings is 3. The van der Waals surface area contributed by atoms with Crippen LogP contribution >= 0.6 is 11.8 Å². The Morgan fingerprint density at radius 1 is 1.06 bits per heavy atom. The lowest BCUT2D eigenvalue weighted by Crippen LogP contribution is -2.62. The lowest BCUT2D eigenvalue weighted by molar-refractivity contribution is 0.0217. The van der Waals surface area contributed by atoms with E-state index in [0.29, 0.717) is 12.0 Å². The molecule has 2 atom stereocenters. The van der Waals surface area contributed by atoms with Crippen LogP contribution in [0.25, 0.3) is 0 Å². The highest BCUT2D eigenvalue weighted by Crippen LogP contribution is 2.32. The first-order valence-corrected chi connectivity index (χ1v) is 12.1. The van der Waals surface area contributed by atoms with Gasteiger partial charge in [0, 0.05) is 35.6 Å². The minimum atomic E-state index is 0.0372. The van der Waals surface area contributed by atoms with E-state index in [-0.39, 0.29) is 11.9 Å². The maximum absolute atomic E-state index is 12.8. The quantitative estimate of drug-likeness (QED) is 0.773. The summed E-state index contributed by atoms with van der Waals surface area (Å²) in [6.45, 7) is 7.96. The van der Waals surface area contributed by atoms with Crippen molar-refractivity contribution in [3.05, 3.63) is 48.2 Å². The maximum atomic E-state index is 12.8. The number of carbonyl (C=O) groups excluding carboxylic acids is 1. The first-order chi connectivity index (χ1) is 15.2. The largest absolute Gasteiger partial charge is 0.378 e. The van der Waals surface area contributed by atoms with Gasteiger partial charge in [0.2, 0.25) is 0 Å². The van der Waals surface area contributed by atoms with E-state index in [2.05, 4.69) is 39.2 Å². The first kappa shape index (κ1) is 20.8. The molecule has 0 radical (unpaired) electrons. The number of aromatic nitrogens is 1. The van der Waals surface area contributed by atoms with E-state index in [4.69, 9.17) is 4.74 Å². The number of hydrogen-bond donors (Lipinski definition) is 1. The van der Waals surface area contributed by atoms with Gasteiger partial charge in [-0.3, -0.25) is 9.69 Å². The third-order valence-electron chi connectivity index (χ3n) is 6.91. The Morgan fingerprint density at radius 3 is 2.45 bits per heavy atom. The van der Waals surface area contributed by atoms with Crippen LogP contribution in [0.3, 0.4) is 0 Å². The van der Waals surface area contributed by atoms with Crippen molar-refractivity contribution in [3.63, 3.8) is 0 Å². The molecule has 4 fully saturated rings. The third-order valence-corrected chi connectivity index (χ3v) is 7.87. The van der Waals surface area contributed by atoms with Gasteiger partial charge >= 0.3 is 0 Å². The molecule has 1 N–H and O–H groups in total. The normalized spacial score (nSPS) is 27.8. The van der Waals surface area contributed by atoms with E-state index in [9.17, 15) is 4.79 Å². The molecule has 5 heterocycles. The highest BCUT2D eigenvalue weighted by Gasteiger charge is 2.40. The van der Waals surface area contributed by atoms with Crippen LogP contribution < -0.4 is 10.2 Å². The molecule has 0 unspecified atom stereocenters. The number of fused-ring (bicyclic) bond motifs is 3. The molecule has 0 spiro atoms. The monoisotopic (exact) mass is 438 g/mol. The predicted molar refractivity (Wildman–Crippen MR) is 123 cm³/mol. The summed E-state index contributed by atoms with van der Waals surface area (Å²) in [5, 5.41) is 4.26. The molecule has 6 rings (SSSR count). The molecule has 0 saturated carbocycles. The zero-order valence-corrected chi connectivity index (χ0v) is 18.8. The SMILES string of the molecule is C[C@H]1[C@H](NC(=O)c2ccc(Sc3ccc(N4CCOCC4)cn3)cc2)C2CCN1CC2. The Kier molecular flexibility index (Phi) is 6.16. The molecular weight excluding hydrogens is 408 g/mol. The Bertz CT molecular complexity index is 889. The van der Waals surface area contributed by atoms with Gasteiger partial charge in [-0.05, 0) is 75.2 Å². The highest BCUT2D eigenvalue weighted by atomic mass is 32.2. The number of carbonyl (C=O) groups is 1. The molecule has 1 amide bonds. The second-order valence-electron chi connectivity index (χ2n) is 8.69. The molecule has 4 aliphatic heterocycles. The Hall–Kier alpha value is -2.09. The van der Waals surface area contributed by atoms with Crippen LogP contribution in [0.4, 0.5) is 5.69 Å². The third kappa shape index (κ3) is 4.59. The van der Waals surface area contributed by atoms with Crippen molar-refractivity contribution in [1.29, 1.82) is 0 Å². The molecule has 6 nitrogen and oxygen atoms in total. The van der Waals surface area contributed by atoms with Crippen molar-refractivity contribution < 1.29 is 9.53 Å². The van der Waals surface area contributed by atoms with E-state index < -0.39 is 0 Å². The zero-order valence-electron chi connectivity index (χ0n) is 18.0. The van der Waals surface area contributed by atoms with E-state index in [1.807, 2.05) is 30.5 Å². The Labute approximate surface area is 188 Å². The second-order valence-corrected chi connectivity index (χ2v) is 9.79. The van der Waals surface area contributed by atoms with E-state index in [0.717, 1.165) is 47.5 Å². The summed E-state index contributed by atoms with van der Waals surface area (Å²) in [6, 6.07) is 12.7. The van der Waals surface area contributed by atoms with Gasteiger partial charge in [-0.15, -0.1) is 0 Å². The van der Waals surface area contributed by atoms with Crippen molar-refractivity contribution in [1.82, 2.24) is 15.2 Å². The van der Waals surface area contributed by atoms with Gasteiger partial charge in [0.15, 0.2) is 0 Å². The number of morpholine rings is 1. The van der Waals surface area contributed by atoms with Crippen LogP contribution in [-0.2, 0) is 4.74 Å². The molecule has 7 heteroatoms. The highest BCUT2D eigenvalue weighted by molar-refractivity contribution is 7.99. The van der Waals surface area contributed by atoms with Crippen LogP contribution in [-0.4, -0.2) is 67.3 Å². The van der Waals surface area contributed by atoms with Gasteiger partial charge in [-0.2, -0.15) is 0 Å². The van der Waals surface area contributed by atoms with E-state index in [1.54, 1.807) is 11.8 Å². The number of pyridine rings is 1. The van der Waals surface area contributed by atoms with Crippen molar-refractivity contribution in [2.75, 3.05) is 44.3 Å². The fourth-order valence-electron chi connectivity index (χ4n) is 5.02.